The quantitative estimate of drug-likeness (QED) is 0.622. The Labute approximate surface area is 161 Å². The maximum Gasteiger partial charge on any atom is 0.238 e. The zero-order valence-corrected chi connectivity index (χ0v) is 16.1. The molecule has 0 aliphatic heterocycles. The molecule has 1 N–H and O–H groups in total. The van der Waals surface area contributed by atoms with Crippen molar-refractivity contribution in [2.75, 3.05) is 5.32 Å². The number of imidazole rings is 1. The Morgan fingerprint density at radius 1 is 1.19 bits per heavy atom. The summed E-state index contributed by atoms with van der Waals surface area (Å²) in [4.78, 5) is 21.0. The minimum absolute atomic E-state index is 0.128. The zero-order valence-electron chi connectivity index (χ0n) is 14.5. The molecule has 3 rings (SSSR count). The van der Waals surface area contributed by atoms with Gasteiger partial charge in [0, 0.05) is 12.7 Å². The predicted octanol–water partition coefficient (Wildman–Crippen LogP) is 4.74. The number of carbonyl (C=O) groups is 1. The predicted molar refractivity (Wildman–Crippen MR) is 107 cm³/mol. The maximum absolute atomic E-state index is 12.4. The smallest absolute Gasteiger partial charge is 0.238 e. The van der Waals surface area contributed by atoms with Crippen molar-refractivity contribution < 1.29 is 4.79 Å². The van der Waals surface area contributed by atoms with Crippen molar-refractivity contribution >= 4 is 35.1 Å². The number of hydrogen-bond acceptors (Lipinski definition) is 4. The fourth-order valence-electron chi connectivity index (χ4n) is 2.49. The minimum atomic E-state index is -0.316. The van der Waals surface area contributed by atoms with Crippen LogP contribution in [0.5, 0.6) is 0 Å². The standard InChI is InChI=1S/C19H19ClN4OS/c1-3-24-16(14-7-5-4-6-8-14)12-22-19(24)26-13(2)18(25)23-17-10-9-15(20)11-21-17/h4-13H,3H2,1-2H3,(H,21,23,25)/t13-/m1/s1. The van der Waals surface area contributed by atoms with E-state index in [1.807, 2.05) is 31.3 Å². The van der Waals surface area contributed by atoms with E-state index in [9.17, 15) is 4.79 Å². The average Bonchev–Trinajstić information content (AvgIpc) is 3.06. The van der Waals surface area contributed by atoms with Crippen LogP contribution < -0.4 is 5.32 Å². The number of pyridine rings is 1. The SMILES string of the molecule is CCn1c(-c2ccccc2)cnc1S[C@H](C)C(=O)Nc1ccc(Cl)cn1. The Morgan fingerprint density at radius 3 is 2.62 bits per heavy atom. The van der Waals surface area contributed by atoms with Gasteiger partial charge in [0.25, 0.3) is 0 Å². The van der Waals surface area contributed by atoms with Crippen molar-refractivity contribution in [3.63, 3.8) is 0 Å². The van der Waals surface area contributed by atoms with Crippen LogP contribution in [0.2, 0.25) is 5.02 Å². The fraction of sp³-hybridized carbons (Fsp3) is 0.211. The topological polar surface area (TPSA) is 59.8 Å². The molecule has 26 heavy (non-hydrogen) atoms. The Hall–Kier alpha value is -2.31. The third-order valence-corrected chi connectivity index (χ3v) is 5.16. The lowest BCUT2D eigenvalue weighted by Crippen LogP contribution is -2.23. The Bertz CT molecular complexity index is 880. The van der Waals surface area contributed by atoms with Crippen LogP contribution in [0.1, 0.15) is 13.8 Å². The van der Waals surface area contributed by atoms with Crippen LogP contribution in [0.15, 0.2) is 60.0 Å². The maximum atomic E-state index is 12.4. The molecule has 1 atom stereocenters. The summed E-state index contributed by atoms with van der Waals surface area (Å²) in [6.07, 6.45) is 3.36. The molecular formula is C19H19ClN4OS. The number of benzene rings is 1. The summed E-state index contributed by atoms with van der Waals surface area (Å²) in [5, 5.41) is 3.83. The van der Waals surface area contributed by atoms with E-state index in [1.54, 1.807) is 12.1 Å². The lowest BCUT2D eigenvalue weighted by molar-refractivity contribution is -0.115. The molecule has 1 amide bonds. The molecule has 2 aromatic heterocycles. The minimum Gasteiger partial charge on any atom is -0.319 e. The second-order valence-electron chi connectivity index (χ2n) is 5.65. The first-order valence-corrected chi connectivity index (χ1v) is 9.54. The molecule has 0 aliphatic carbocycles. The molecule has 134 valence electrons. The van der Waals surface area contributed by atoms with Gasteiger partial charge in [0.1, 0.15) is 5.82 Å². The number of amides is 1. The van der Waals surface area contributed by atoms with Crippen molar-refractivity contribution in [2.24, 2.45) is 0 Å². The van der Waals surface area contributed by atoms with Crippen molar-refractivity contribution in [1.29, 1.82) is 0 Å². The number of hydrogen-bond donors (Lipinski definition) is 1. The van der Waals surface area contributed by atoms with Crippen LogP contribution in [0.25, 0.3) is 11.3 Å². The van der Waals surface area contributed by atoms with Gasteiger partial charge in [-0.2, -0.15) is 0 Å². The Kier molecular flexibility index (Phi) is 5.96. The summed E-state index contributed by atoms with van der Waals surface area (Å²) in [7, 11) is 0. The average molecular weight is 387 g/mol. The molecule has 0 unspecified atom stereocenters. The summed E-state index contributed by atoms with van der Waals surface area (Å²) < 4.78 is 2.12. The van der Waals surface area contributed by atoms with Crippen LogP contribution in [-0.2, 0) is 11.3 Å². The monoisotopic (exact) mass is 386 g/mol. The number of rotatable bonds is 6. The Morgan fingerprint density at radius 2 is 1.96 bits per heavy atom. The van der Waals surface area contributed by atoms with Crippen molar-refractivity contribution in [3.05, 3.63) is 59.9 Å². The van der Waals surface area contributed by atoms with Crippen molar-refractivity contribution in [3.8, 4) is 11.3 Å². The van der Waals surface area contributed by atoms with Gasteiger partial charge >= 0.3 is 0 Å². The first-order chi connectivity index (χ1) is 12.6. The lowest BCUT2D eigenvalue weighted by atomic mass is 10.2. The van der Waals surface area contributed by atoms with Gasteiger partial charge in [-0.15, -0.1) is 0 Å². The number of anilines is 1. The third-order valence-electron chi connectivity index (χ3n) is 3.83. The summed E-state index contributed by atoms with van der Waals surface area (Å²) in [6.45, 7) is 4.70. The van der Waals surface area contributed by atoms with Gasteiger partial charge < -0.3 is 9.88 Å². The van der Waals surface area contributed by atoms with E-state index in [2.05, 4.69) is 38.9 Å². The number of nitrogens with zero attached hydrogens (tertiary/aromatic N) is 3. The molecule has 3 aromatic rings. The van der Waals surface area contributed by atoms with Gasteiger partial charge in [0.15, 0.2) is 5.16 Å². The molecule has 5 nitrogen and oxygen atoms in total. The molecule has 0 bridgehead atoms. The van der Waals surface area contributed by atoms with E-state index in [-0.39, 0.29) is 11.2 Å². The van der Waals surface area contributed by atoms with Gasteiger partial charge in [-0.25, -0.2) is 9.97 Å². The van der Waals surface area contributed by atoms with Gasteiger partial charge in [-0.05, 0) is 31.5 Å². The second-order valence-corrected chi connectivity index (χ2v) is 7.39. The summed E-state index contributed by atoms with van der Waals surface area (Å²) in [5.74, 6) is 0.354. The highest BCUT2D eigenvalue weighted by atomic mass is 35.5. The highest BCUT2D eigenvalue weighted by molar-refractivity contribution is 8.00. The fourth-order valence-corrected chi connectivity index (χ4v) is 3.55. The first-order valence-electron chi connectivity index (χ1n) is 8.28. The molecule has 0 spiro atoms. The normalized spacial score (nSPS) is 12.0. The van der Waals surface area contributed by atoms with Crippen LogP contribution in [0.4, 0.5) is 5.82 Å². The van der Waals surface area contributed by atoms with Gasteiger partial charge in [0.05, 0.1) is 22.2 Å². The zero-order chi connectivity index (χ0) is 18.5. The van der Waals surface area contributed by atoms with E-state index in [0.29, 0.717) is 10.8 Å². The number of thioether (sulfide) groups is 1. The van der Waals surface area contributed by atoms with Crippen LogP contribution in [0.3, 0.4) is 0 Å². The summed E-state index contributed by atoms with van der Waals surface area (Å²) >= 11 is 7.24. The number of halogens is 1. The second kappa shape index (κ2) is 8.38. The molecule has 0 fully saturated rings. The molecule has 7 heteroatoms. The molecule has 0 radical (unpaired) electrons. The molecule has 0 saturated carbocycles. The summed E-state index contributed by atoms with van der Waals surface area (Å²) in [6, 6.07) is 13.5. The van der Waals surface area contributed by atoms with Crippen LogP contribution in [-0.4, -0.2) is 25.7 Å². The molecule has 0 saturated heterocycles. The van der Waals surface area contributed by atoms with E-state index in [0.717, 1.165) is 23.0 Å². The molecule has 0 aliphatic rings. The first kappa shape index (κ1) is 18.5. The highest BCUT2D eigenvalue weighted by Gasteiger charge is 2.19. The largest absolute Gasteiger partial charge is 0.319 e. The van der Waals surface area contributed by atoms with Crippen LogP contribution >= 0.6 is 23.4 Å². The number of carbonyl (C=O) groups excluding carboxylic acids is 1. The van der Waals surface area contributed by atoms with Gasteiger partial charge in [-0.1, -0.05) is 53.7 Å². The van der Waals surface area contributed by atoms with E-state index in [1.165, 1.54) is 18.0 Å². The van der Waals surface area contributed by atoms with E-state index >= 15 is 0 Å². The molecule has 1 aromatic carbocycles. The van der Waals surface area contributed by atoms with Gasteiger partial charge in [0.2, 0.25) is 5.91 Å². The van der Waals surface area contributed by atoms with Gasteiger partial charge in [-0.3, -0.25) is 4.79 Å². The number of aromatic nitrogens is 3. The van der Waals surface area contributed by atoms with Crippen molar-refractivity contribution in [1.82, 2.24) is 14.5 Å². The van der Waals surface area contributed by atoms with Crippen molar-refractivity contribution in [2.45, 2.75) is 30.8 Å². The van der Waals surface area contributed by atoms with E-state index < -0.39 is 0 Å². The molecule has 2 heterocycles. The highest BCUT2D eigenvalue weighted by Crippen LogP contribution is 2.28. The third kappa shape index (κ3) is 4.26. The van der Waals surface area contributed by atoms with E-state index in [4.69, 9.17) is 11.6 Å². The summed E-state index contributed by atoms with van der Waals surface area (Å²) in [5.41, 5.74) is 2.15. The number of nitrogens with one attached hydrogen (secondary N) is 1. The Balaban J connectivity index is 1.73. The van der Waals surface area contributed by atoms with Crippen LogP contribution in [0, 0.1) is 0 Å². The molecular weight excluding hydrogens is 368 g/mol. The lowest BCUT2D eigenvalue weighted by Gasteiger charge is -2.13.